The average Bonchev–Trinajstić information content (AvgIpc) is 3.24. The molecule has 0 bridgehead atoms. The van der Waals surface area contributed by atoms with Crippen molar-refractivity contribution in [2.75, 3.05) is 17.7 Å². The van der Waals surface area contributed by atoms with Crippen LogP contribution in [-0.4, -0.2) is 24.0 Å². The molecular weight excluding hydrogens is 438 g/mol. The third kappa shape index (κ3) is 5.19. The number of para-hydroxylation sites is 1. The fourth-order valence-corrected chi connectivity index (χ4v) is 3.48. The van der Waals surface area contributed by atoms with Gasteiger partial charge in [-0.2, -0.15) is 0 Å². The highest BCUT2D eigenvalue weighted by atomic mass is 32.1. The van der Waals surface area contributed by atoms with E-state index in [9.17, 15) is 9.59 Å². The Morgan fingerprint density at radius 3 is 2.48 bits per heavy atom. The SMILES string of the molecule is COc1cc(NC(=S)NC(=O)c2cccc(C)c2)ccc1NC(=O)c1cc2ccccc2o1. The minimum atomic E-state index is -0.397. The van der Waals surface area contributed by atoms with Crippen LogP contribution in [0.25, 0.3) is 11.0 Å². The molecule has 33 heavy (non-hydrogen) atoms. The van der Waals surface area contributed by atoms with E-state index in [4.69, 9.17) is 21.4 Å². The summed E-state index contributed by atoms with van der Waals surface area (Å²) in [5, 5.41) is 9.37. The Labute approximate surface area is 195 Å². The van der Waals surface area contributed by atoms with Crippen molar-refractivity contribution in [2.24, 2.45) is 0 Å². The van der Waals surface area contributed by atoms with Crippen molar-refractivity contribution in [1.29, 1.82) is 0 Å². The van der Waals surface area contributed by atoms with E-state index in [0.717, 1.165) is 10.9 Å². The van der Waals surface area contributed by atoms with E-state index in [2.05, 4.69) is 16.0 Å². The maximum absolute atomic E-state index is 12.7. The lowest BCUT2D eigenvalue weighted by molar-refractivity contribution is 0.0975. The first kappa shape index (κ1) is 22.0. The quantitative estimate of drug-likeness (QED) is 0.359. The highest BCUT2D eigenvalue weighted by molar-refractivity contribution is 7.80. The zero-order valence-electron chi connectivity index (χ0n) is 18.0. The second-order valence-electron chi connectivity index (χ2n) is 7.30. The number of thiocarbonyl (C=S) groups is 1. The van der Waals surface area contributed by atoms with E-state index < -0.39 is 5.91 Å². The largest absolute Gasteiger partial charge is 0.494 e. The molecule has 0 saturated heterocycles. The van der Waals surface area contributed by atoms with Crippen molar-refractivity contribution < 1.29 is 18.7 Å². The van der Waals surface area contributed by atoms with Crippen molar-refractivity contribution >= 4 is 51.5 Å². The van der Waals surface area contributed by atoms with Crippen molar-refractivity contribution in [3.63, 3.8) is 0 Å². The zero-order chi connectivity index (χ0) is 23.4. The number of anilines is 2. The molecule has 0 unspecified atom stereocenters. The third-order valence-corrected chi connectivity index (χ3v) is 5.07. The number of benzene rings is 3. The molecule has 0 radical (unpaired) electrons. The Balaban J connectivity index is 1.43. The Hall–Kier alpha value is -4.17. The second kappa shape index (κ2) is 9.54. The number of rotatable bonds is 5. The van der Waals surface area contributed by atoms with Gasteiger partial charge in [0.1, 0.15) is 11.3 Å². The van der Waals surface area contributed by atoms with Crippen LogP contribution in [-0.2, 0) is 0 Å². The maximum atomic E-state index is 12.7. The van der Waals surface area contributed by atoms with Gasteiger partial charge in [0.15, 0.2) is 10.9 Å². The first-order chi connectivity index (χ1) is 15.9. The molecule has 0 atom stereocenters. The average molecular weight is 460 g/mol. The molecule has 0 spiro atoms. The molecule has 4 rings (SSSR count). The molecule has 4 aromatic rings. The van der Waals surface area contributed by atoms with Gasteiger partial charge in [0, 0.05) is 22.7 Å². The number of ether oxygens (including phenoxy) is 1. The summed E-state index contributed by atoms with van der Waals surface area (Å²) in [5.41, 5.74) is 3.17. The Bertz CT molecular complexity index is 1330. The monoisotopic (exact) mass is 459 g/mol. The lowest BCUT2D eigenvalue weighted by Crippen LogP contribution is -2.34. The highest BCUT2D eigenvalue weighted by Gasteiger charge is 2.15. The molecular formula is C25H21N3O4S. The summed E-state index contributed by atoms with van der Waals surface area (Å²) >= 11 is 5.26. The van der Waals surface area contributed by atoms with Crippen LogP contribution in [0.1, 0.15) is 26.5 Å². The summed E-state index contributed by atoms with van der Waals surface area (Å²) < 4.78 is 11.0. The summed E-state index contributed by atoms with van der Waals surface area (Å²) in [6, 6.07) is 21.3. The third-order valence-electron chi connectivity index (χ3n) is 4.86. The van der Waals surface area contributed by atoms with Gasteiger partial charge in [-0.1, -0.05) is 35.9 Å². The molecule has 0 aliphatic rings. The first-order valence-electron chi connectivity index (χ1n) is 10.1. The molecule has 1 aromatic heterocycles. The number of furan rings is 1. The molecule has 0 aliphatic heterocycles. The topological polar surface area (TPSA) is 92.6 Å². The van der Waals surface area contributed by atoms with Crippen molar-refractivity contribution in [3.8, 4) is 5.75 Å². The van der Waals surface area contributed by atoms with Crippen LogP contribution in [0.5, 0.6) is 5.75 Å². The number of amides is 2. The van der Waals surface area contributed by atoms with Crippen molar-refractivity contribution in [3.05, 3.63) is 89.7 Å². The molecule has 1 heterocycles. The van der Waals surface area contributed by atoms with E-state index in [1.165, 1.54) is 7.11 Å². The Morgan fingerprint density at radius 2 is 1.73 bits per heavy atom. The number of fused-ring (bicyclic) bond motifs is 1. The van der Waals surface area contributed by atoms with Crippen LogP contribution < -0.4 is 20.7 Å². The van der Waals surface area contributed by atoms with Gasteiger partial charge in [-0.05, 0) is 55.5 Å². The zero-order valence-corrected chi connectivity index (χ0v) is 18.8. The summed E-state index contributed by atoms with van der Waals surface area (Å²) in [4.78, 5) is 25.0. The fraction of sp³-hybridized carbons (Fsp3) is 0.0800. The number of methoxy groups -OCH3 is 1. The van der Waals surface area contributed by atoms with E-state index in [0.29, 0.717) is 28.3 Å². The number of hydrogen-bond donors (Lipinski definition) is 3. The Morgan fingerprint density at radius 1 is 0.909 bits per heavy atom. The summed E-state index contributed by atoms with van der Waals surface area (Å²) in [5.74, 6) is -0.0956. The van der Waals surface area contributed by atoms with Crippen LogP contribution in [0, 0.1) is 6.92 Å². The van der Waals surface area contributed by atoms with Gasteiger partial charge in [-0.15, -0.1) is 0 Å². The van der Waals surface area contributed by atoms with Crippen molar-refractivity contribution in [1.82, 2.24) is 5.32 Å². The van der Waals surface area contributed by atoms with Gasteiger partial charge in [0.2, 0.25) is 0 Å². The van der Waals surface area contributed by atoms with Crippen molar-refractivity contribution in [2.45, 2.75) is 6.92 Å². The minimum absolute atomic E-state index is 0.141. The lowest BCUT2D eigenvalue weighted by Gasteiger charge is -2.14. The van der Waals surface area contributed by atoms with Gasteiger partial charge in [-0.25, -0.2) is 0 Å². The standard InChI is InChI=1S/C25H21N3O4S/c1-15-6-5-8-17(12-15)23(29)28-25(33)26-18-10-11-19(21(14-18)31-2)27-24(30)22-13-16-7-3-4-9-20(16)32-22/h3-14H,1-2H3,(H,27,30)(H2,26,28,29,33). The molecule has 2 amide bonds. The Kier molecular flexibility index (Phi) is 6.37. The number of carbonyl (C=O) groups is 2. The number of carbonyl (C=O) groups excluding carboxylic acids is 2. The summed E-state index contributed by atoms with van der Waals surface area (Å²) in [6.45, 7) is 1.91. The first-order valence-corrected chi connectivity index (χ1v) is 10.5. The molecule has 3 aromatic carbocycles. The summed E-state index contributed by atoms with van der Waals surface area (Å²) in [6.07, 6.45) is 0. The van der Waals surface area contributed by atoms with E-state index in [1.54, 1.807) is 42.5 Å². The molecule has 8 heteroatoms. The molecule has 0 saturated carbocycles. The minimum Gasteiger partial charge on any atom is -0.494 e. The molecule has 166 valence electrons. The lowest BCUT2D eigenvalue weighted by atomic mass is 10.1. The maximum Gasteiger partial charge on any atom is 0.291 e. The van der Waals surface area contributed by atoms with E-state index >= 15 is 0 Å². The normalized spacial score (nSPS) is 10.5. The number of nitrogens with one attached hydrogen (secondary N) is 3. The molecule has 0 fully saturated rings. The number of aryl methyl sites for hydroxylation is 1. The van der Waals surface area contributed by atoms with Gasteiger partial charge in [0.05, 0.1) is 12.8 Å². The van der Waals surface area contributed by atoms with Crippen LogP contribution in [0.15, 0.2) is 77.2 Å². The van der Waals surface area contributed by atoms with Crippen LogP contribution in [0.4, 0.5) is 11.4 Å². The smallest absolute Gasteiger partial charge is 0.291 e. The second-order valence-corrected chi connectivity index (χ2v) is 7.70. The number of hydrogen-bond acceptors (Lipinski definition) is 5. The van der Waals surface area contributed by atoms with Crippen LogP contribution in [0.2, 0.25) is 0 Å². The molecule has 3 N–H and O–H groups in total. The predicted octanol–water partition coefficient (Wildman–Crippen LogP) is 5.13. The van der Waals surface area contributed by atoms with Crippen LogP contribution in [0.3, 0.4) is 0 Å². The van der Waals surface area contributed by atoms with Gasteiger partial charge in [0.25, 0.3) is 11.8 Å². The van der Waals surface area contributed by atoms with E-state index in [1.807, 2.05) is 37.3 Å². The molecule has 7 nitrogen and oxygen atoms in total. The van der Waals surface area contributed by atoms with Crippen LogP contribution >= 0.6 is 12.2 Å². The highest BCUT2D eigenvalue weighted by Crippen LogP contribution is 2.29. The summed E-state index contributed by atoms with van der Waals surface area (Å²) in [7, 11) is 1.49. The van der Waals surface area contributed by atoms with Gasteiger partial charge in [-0.3, -0.25) is 14.9 Å². The van der Waals surface area contributed by atoms with Gasteiger partial charge >= 0.3 is 0 Å². The predicted molar refractivity (Wildman–Crippen MR) is 132 cm³/mol. The van der Waals surface area contributed by atoms with E-state index in [-0.39, 0.29) is 16.8 Å². The molecule has 0 aliphatic carbocycles. The fourth-order valence-electron chi connectivity index (χ4n) is 3.27. The van der Waals surface area contributed by atoms with Gasteiger partial charge < -0.3 is 19.8 Å².